The van der Waals surface area contributed by atoms with Crippen molar-refractivity contribution < 1.29 is 14.3 Å². The highest BCUT2D eigenvalue weighted by Crippen LogP contribution is 2.11. The van der Waals surface area contributed by atoms with Gasteiger partial charge in [-0.15, -0.1) is 24.0 Å². The SMILES string of the molecule is CCNC(=NCCCOCC1CCCO1)NCCNC(C)=O.I. The molecule has 1 heterocycles. The number of nitrogens with one attached hydrogen (secondary N) is 3. The van der Waals surface area contributed by atoms with Crippen LogP contribution < -0.4 is 16.0 Å². The highest BCUT2D eigenvalue weighted by molar-refractivity contribution is 14.0. The average molecular weight is 442 g/mol. The highest BCUT2D eigenvalue weighted by Gasteiger charge is 2.14. The minimum Gasteiger partial charge on any atom is -0.379 e. The molecule has 1 fully saturated rings. The fraction of sp³-hybridized carbons (Fsp3) is 0.867. The fourth-order valence-electron chi connectivity index (χ4n) is 2.11. The maximum absolute atomic E-state index is 10.8. The zero-order valence-electron chi connectivity index (χ0n) is 14.2. The van der Waals surface area contributed by atoms with Gasteiger partial charge in [0.1, 0.15) is 0 Å². The number of amides is 1. The number of carbonyl (C=O) groups is 1. The Morgan fingerprint density at radius 3 is 2.74 bits per heavy atom. The molecular formula is C15H31IN4O3. The summed E-state index contributed by atoms with van der Waals surface area (Å²) in [5, 5.41) is 9.08. The summed E-state index contributed by atoms with van der Waals surface area (Å²) in [4.78, 5) is 15.2. The van der Waals surface area contributed by atoms with E-state index in [1.165, 1.54) is 6.92 Å². The highest BCUT2D eigenvalue weighted by atomic mass is 127. The Kier molecular flexibility index (Phi) is 14.6. The Labute approximate surface area is 156 Å². The summed E-state index contributed by atoms with van der Waals surface area (Å²) in [6.07, 6.45) is 3.43. The van der Waals surface area contributed by atoms with Crippen molar-refractivity contribution >= 4 is 35.8 Å². The second kappa shape index (κ2) is 14.9. The van der Waals surface area contributed by atoms with E-state index >= 15 is 0 Å². The molecule has 136 valence electrons. The van der Waals surface area contributed by atoms with Gasteiger partial charge in [-0.05, 0) is 26.2 Å². The molecule has 0 aliphatic carbocycles. The lowest BCUT2D eigenvalue weighted by molar-refractivity contribution is -0.118. The summed E-state index contributed by atoms with van der Waals surface area (Å²) in [5.41, 5.74) is 0. The fourth-order valence-corrected chi connectivity index (χ4v) is 2.11. The number of ether oxygens (including phenoxy) is 2. The molecule has 1 amide bonds. The number of halogens is 1. The van der Waals surface area contributed by atoms with Crippen molar-refractivity contribution in [1.82, 2.24) is 16.0 Å². The molecule has 1 saturated heterocycles. The van der Waals surface area contributed by atoms with Crippen LogP contribution >= 0.6 is 24.0 Å². The quantitative estimate of drug-likeness (QED) is 0.203. The molecule has 23 heavy (non-hydrogen) atoms. The second-order valence-electron chi connectivity index (χ2n) is 5.23. The first kappa shape index (κ1) is 22.4. The minimum atomic E-state index is -0.0212. The van der Waals surface area contributed by atoms with Crippen molar-refractivity contribution in [3.63, 3.8) is 0 Å². The molecule has 0 saturated carbocycles. The lowest BCUT2D eigenvalue weighted by Gasteiger charge is -2.12. The van der Waals surface area contributed by atoms with E-state index in [1.54, 1.807) is 0 Å². The van der Waals surface area contributed by atoms with Crippen LogP contribution in [0.4, 0.5) is 0 Å². The molecule has 1 unspecified atom stereocenters. The summed E-state index contributed by atoms with van der Waals surface area (Å²) >= 11 is 0. The summed E-state index contributed by atoms with van der Waals surface area (Å²) in [6, 6.07) is 0. The normalized spacial score (nSPS) is 17.5. The van der Waals surface area contributed by atoms with Crippen LogP contribution in [0.15, 0.2) is 4.99 Å². The first-order chi connectivity index (χ1) is 10.7. The molecule has 0 aromatic heterocycles. The van der Waals surface area contributed by atoms with Crippen LogP contribution in [0, 0.1) is 0 Å². The van der Waals surface area contributed by atoms with E-state index in [-0.39, 0.29) is 36.0 Å². The van der Waals surface area contributed by atoms with Gasteiger partial charge in [0.25, 0.3) is 0 Å². The molecule has 3 N–H and O–H groups in total. The second-order valence-corrected chi connectivity index (χ2v) is 5.23. The maximum Gasteiger partial charge on any atom is 0.216 e. The number of guanidine groups is 1. The Balaban J connectivity index is 0.00000484. The maximum atomic E-state index is 10.8. The predicted molar refractivity (Wildman–Crippen MR) is 102 cm³/mol. The molecule has 1 aliphatic heterocycles. The van der Waals surface area contributed by atoms with Crippen LogP contribution in [0.5, 0.6) is 0 Å². The van der Waals surface area contributed by atoms with Gasteiger partial charge in [0.2, 0.25) is 5.91 Å². The van der Waals surface area contributed by atoms with E-state index in [0.29, 0.717) is 32.8 Å². The third-order valence-electron chi connectivity index (χ3n) is 3.18. The molecule has 0 bridgehead atoms. The monoisotopic (exact) mass is 442 g/mol. The van der Waals surface area contributed by atoms with Gasteiger partial charge in [0, 0.05) is 46.3 Å². The van der Waals surface area contributed by atoms with Gasteiger partial charge >= 0.3 is 0 Å². The molecule has 0 radical (unpaired) electrons. The van der Waals surface area contributed by atoms with Gasteiger partial charge in [-0.3, -0.25) is 9.79 Å². The van der Waals surface area contributed by atoms with Crippen LogP contribution in [0.2, 0.25) is 0 Å². The number of hydrogen-bond donors (Lipinski definition) is 3. The van der Waals surface area contributed by atoms with E-state index in [9.17, 15) is 4.79 Å². The van der Waals surface area contributed by atoms with Crippen molar-refractivity contribution in [2.24, 2.45) is 4.99 Å². The Morgan fingerprint density at radius 1 is 1.30 bits per heavy atom. The number of carbonyl (C=O) groups excluding carboxylic acids is 1. The van der Waals surface area contributed by atoms with E-state index in [4.69, 9.17) is 9.47 Å². The summed E-state index contributed by atoms with van der Waals surface area (Å²) in [7, 11) is 0. The third kappa shape index (κ3) is 12.5. The largest absolute Gasteiger partial charge is 0.379 e. The van der Waals surface area contributed by atoms with Crippen LogP contribution in [-0.2, 0) is 14.3 Å². The Morgan fingerprint density at radius 2 is 2.09 bits per heavy atom. The number of rotatable bonds is 10. The van der Waals surface area contributed by atoms with Crippen LogP contribution in [-0.4, -0.2) is 64.0 Å². The van der Waals surface area contributed by atoms with Crippen molar-refractivity contribution in [2.45, 2.75) is 39.2 Å². The standard InChI is InChI=1S/C15H30N4O3.HI/c1-3-16-15(19-9-8-17-13(2)20)18-7-5-10-21-12-14-6-4-11-22-14;/h14H,3-12H2,1-2H3,(H,17,20)(H2,16,18,19);1H. The smallest absolute Gasteiger partial charge is 0.216 e. The molecule has 7 nitrogen and oxygen atoms in total. The Bertz CT molecular complexity index is 337. The van der Waals surface area contributed by atoms with Crippen LogP contribution in [0.3, 0.4) is 0 Å². The molecule has 1 rings (SSSR count). The van der Waals surface area contributed by atoms with Crippen LogP contribution in [0.25, 0.3) is 0 Å². The lowest BCUT2D eigenvalue weighted by atomic mass is 10.2. The van der Waals surface area contributed by atoms with Gasteiger partial charge in [-0.1, -0.05) is 0 Å². The Hall–Kier alpha value is -0.610. The molecule has 1 aliphatic rings. The van der Waals surface area contributed by atoms with E-state index < -0.39 is 0 Å². The zero-order valence-corrected chi connectivity index (χ0v) is 16.6. The van der Waals surface area contributed by atoms with E-state index in [2.05, 4.69) is 20.9 Å². The predicted octanol–water partition coefficient (Wildman–Crippen LogP) is 0.881. The van der Waals surface area contributed by atoms with E-state index in [1.807, 2.05) is 6.92 Å². The zero-order chi connectivity index (χ0) is 16.0. The first-order valence-electron chi connectivity index (χ1n) is 8.18. The molecule has 0 aromatic carbocycles. The summed E-state index contributed by atoms with van der Waals surface area (Å²) < 4.78 is 11.1. The summed E-state index contributed by atoms with van der Waals surface area (Å²) in [6.45, 7) is 8.56. The molecule has 8 heteroatoms. The minimum absolute atomic E-state index is 0. The lowest BCUT2D eigenvalue weighted by Crippen LogP contribution is -2.41. The van der Waals surface area contributed by atoms with Gasteiger partial charge in [0.05, 0.1) is 12.7 Å². The van der Waals surface area contributed by atoms with Gasteiger partial charge in [0.15, 0.2) is 5.96 Å². The topological polar surface area (TPSA) is 84.0 Å². The van der Waals surface area contributed by atoms with Crippen molar-refractivity contribution in [3.8, 4) is 0 Å². The van der Waals surface area contributed by atoms with Crippen LogP contribution in [0.1, 0.15) is 33.1 Å². The van der Waals surface area contributed by atoms with Crippen molar-refractivity contribution in [1.29, 1.82) is 0 Å². The third-order valence-corrected chi connectivity index (χ3v) is 3.18. The van der Waals surface area contributed by atoms with Gasteiger partial charge in [-0.25, -0.2) is 0 Å². The van der Waals surface area contributed by atoms with Gasteiger partial charge in [-0.2, -0.15) is 0 Å². The van der Waals surface area contributed by atoms with Crippen molar-refractivity contribution in [2.75, 3.05) is 46.0 Å². The number of nitrogens with zero attached hydrogens (tertiary/aromatic N) is 1. The first-order valence-corrected chi connectivity index (χ1v) is 8.18. The average Bonchev–Trinajstić information content (AvgIpc) is 3.00. The van der Waals surface area contributed by atoms with Crippen molar-refractivity contribution in [3.05, 3.63) is 0 Å². The molecule has 0 spiro atoms. The molecule has 1 atom stereocenters. The molecular weight excluding hydrogens is 411 g/mol. The number of aliphatic imine (C=N–C) groups is 1. The van der Waals surface area contributed by atoms with Gasteiger partial charge < -0.3 is 25.4 Å². The summed E-state index contributed by atoms with van der Waals surface area (Å²) in [5.74, 6) is 0.749. The molecule has 0 aromatic rings. The van der Waals surface area contributed by atoms with E-state index in [0.717, 1.165) is 38.4 Å². The number of hydrogen-bond acceptors (Lipinski definition) is 4.